The second-order valence-electron chi connectivity index (χ2n) is 4.39. The number of aromatic hydroxyl groups is 1. The van der Waals surface area contributed by atoms with Crippen LogP contribution in [0.4, 0.5) is 5.69 Å². The molecule has 0 saturated carbocycles. The van der Waals surface area contributed by atoms with Crippen molar-refractivity contribution in [2.24, 2.45) is 12.0 Å². The van der Waals surface area contributed by atoms with E-state index < -0.39 is 0 Å². The Bertz CT molecular complexity index is 781. The average molecular weight is 288 g/mol. The Hall–Kier alpha value is -1.72. The monoisotopic (exact) mass is 288 g/mol. The minimum atomic E-state index is 0.208. The Kier molecular flexibility index (Phi) is 2.88. The Morgan fingerprint density at radius 2 is 2.11 bits per heavy atom. The number of hydrogen-bond acceptors (Lipinski definition) is 4. The van der Waals surface area contributed by atoms with Crippen LogP contribution in [0, 0.1) is 3.95 Å². The molecule has 0 aliphatic carbocycles. The maximum absolute atomic E-state index is 10.0. The van der Waals surface area contributed by atoms with Gasteiger partial charge in [0.1, 0.15) is 0 Å². The van der Waals surface area contributed by atoms with Crippen molar-refractivity contribution in [1.29, 1.82) is 0 Å². The van der Waals surface area contributed by atoms with Crippen molar-refractivity contribution in [1.82, 2.24) is 4.57 Å². The molecule has 2 heterocycles. The summed E-state index contributed by atoms with van der Waals surface area (Å²) < 4.78 is 2.27. The molecule has 1 aliphatic rings. The van der Waals surface area contributed by atoms with Crippen molar-refractivity contribution in [2.45, 2.75) is 6.92 Å². The summed E-state index contributed by atoms with van der Waals surface area (Å²) in [6.45, 7) is 1.98. The largest absolute Gasteiger partial charge is 0.493 e. The number of aromatic nitrogens is 1. The van der Waals surface area contributed by atoms with Gasteiger partial charge in [-0.05, 0) is 31.3 Å². The van der Waals surface area contributed by atoms with E-state index in [-0.39, 0.29) is 5.88 Å². The number of benzene rings is 1. The van der Waals surface area contributed by atoms with E-state index in [9.17, 15) is 5.11 Å². The summed E-state index contributed by atoms with van der Waals surface area (Å²) in [5.41, 5.74) is 4.08. The van der Waals surface area contributed by atoms with Crippen molar-refractivity contribution in [2.75, 3.05) is 0 Å². The van der Waals surface area contributed by atoms with Gasteiger partial charge < -0.3 is 5.11 Å². The van der Waals surface area contributed by atoms with Crippen molar-refractivity contribution in [3.05, 3.63) is 38.7 Å². The van der Waals surface area contributed by atoms with E-state index >= 15 is 0 Å². The zero-order valence-electron chi connectivity index (χ0n) is 10.5. The third-order valence-electron chi connectivity index (χ3n) is 3.16. The quantitative estimate of drug-likeness (QED) is 0.800. The lowest BCUT2D eigenvalue weighted by molar-refractivity contribution is 0.430. The molecule has 0 fully saturated rings. The molecule has 1 N–H and O–H groups in total. The van der Waals surface area contributed by atoms with Gasteiger partial charge in [-0.3, -0.25) is 9.56 Å². The second kappa shape index (κ2) is 4.43. The number of rotatable bonds is 1. The maximum atomic E-state index is 10.0. The first-order valence-corrected chi connectivity index (χ1v) is 7.06. The van der Waals surface area contributed by atoms with E-state index in [2.05, 4.69) is 4.99 Å². The first kappa shape index (κ1) is 12.3. The lowest BCUT2D eigenvalue weighted by atomic mass is 10.0. The number of nitrogens with zero attached hydrogens (tertiary/aromatic N) is 2. The van der Waals surface area contributed by atoms with Crippen LogP contribution in [0.5, 0.6) is 5.88 Å². The molecule has 0 spiro atoms. The molecular formula is C14H12N2OS2. The van der Waals surface area contributed by atoms with E-state index in [1.54, 1.807) is 11.6 Å². The van der Waals surface area contributed by atoms with Crippen LogP contribution >= 0.6 is 23.6 Å². The van der Waals surface area contributed by atoms with Gasteiger partial charge in [-0.25, -0.2) is 0 Å². The topological polar surface area (TPSA) is 37.5 Å². The zero-order chi connectivity index (χ0) is 13.6. The molecule has 0 amide bonds. The van der Waals surface area contributed by atoms with Gasteiger partial charge in [-0.2, -0.15) is 0 Å². The molecular weight excluding hydrogens is 276 g/mol. The van der Waals surface area contributed by atoms with Crippen molar-refractivity contribution < 1.29 is 5.11 Å². The van der Waals surface area contributed by atoms with Crippen LogP contribution < -0.4 is 0 Å². The highest BCUT2D eigenvalue weighted by Crippen LogP contribution is 2.37. The Balaban J connectivity index is 2.17. The van der Waals surface area contributed by atoms with Gasteiger partial charge in [0.15, 0.2) is 3.95 Å². The van der Waals surface area contributed by atoms with Crippen molar-refractivity contribution in [3.63, 3.8) is 0 Å². The Morgan fingerprint density at radius 1 is 1.37 bits per heavy atom. The van der Waals surface area contributed by atoms with Gasteiger partial charge >= 0.3 is 0 Å². The molecule has 5 heteroatoms. The smallest absolute Gasteiger partial charge is 0.210 e. The predicted molar refractivity (Wildman–Crippen MR) is 82.9 cm³/mol. The minimum Gasteiger partial charge on any atom is -0.493 e. The first-order chi connectivity index (χ1) is 9.08. The van der Waals surface area contributed by atoms with Gasteiger partial charge in [0, 0.05) is 23.9 Å². The molecule has 1 aromatic heterocycles. The molecule has 19 heavy (non-hydrogen) atoms. The SMILES string of the molecule is CC1=Nc2ccccc2C1=Cc1sc(=S)n(C)c1O. The van der Waals surface area contributed by atoms with E-state index in [1.807, 2.05) is 37.3 Å². The summed E-state index contributed by atoms with van der Waals surface area (Å²) in [5, 5.41) is 10.0. The highest BCUT2D eigenvalue weighted by Gasteiger charge is 2.18. The average Bonchev–Trinajstić information content (AvgIpc) is 2.83. The third-order valence-corrected chi connectivity index (χ3v) is 4.65. The first-order valence-electron chi connectivity index (χ1n) is 5.83. The van der Waals surface area contributed by atoms with Crippen LogP contribution in [0.2, 0.25) is 0 Å². The molecule has 0 atom stereocenters. The predicted octanol–water partition coefficient (Wildman–Crippen LogP) is 4.17. The number of para-hydroxylation sites is 1. The molecule has 3 rings (SSSR count). The normalized spacial score (nSPS) is 15.7. The minimum absolute atomic E-state index is 0.208. The highest BCUT2D eigenvalue weighted by molar-refractivity contribution is 7.73. The van der Waals surface area contributed by atoms with E-state index in [1.165, 1.54) is 11.3 Å². The lowest BCUT2D eigenvalue weighted by Crippen LogP contribution is -1.90. The summed E-state index contributed by atoms with van der Waals surface area (Å²) in [7, 11) is 1.76. The Labute approximate surface area is 120 Å². The second-order valence-corrected chi connectivity index (χ2v) is 6.06. The van der Waals surface area contributed by atoms with Gasteiger partial charge in [-0.1, -0.05) is 18.2 Å². The molecule has 1 aromatic carbocycles. The number of thiazole rings is 1. The van der Waals surface area contributed by atoms with Crippen LogP contribution in [0.25, 0.3) is 11.6 Å². The number of allylic oxidation sites excluding steroid dienone is 1. The maximum Gasteiger partial charge on any atom is 0.210 e. The fraction of sp³-hybridized carbons (Fsp3) is 0.143. The molecule has 1 aliphatic heterocycles. The van der Waals surface area contributed by atoms with E-state index in [0.29, 0.717) is 3.95 Å². The fourth-order valence-corrected chi connectivity index (χ4v) is 3.27. The van der Waals surface area contributed by atoms with Gasteiger partial charge in [0.2, 0.25) is 5.88 Å². The molecule has 3 nitrogen and oxygen atoms in total. The van der Waals surface area contributed by atoms with E-state index in [4.69, 9.17) is 12.2 Å². The molecule has 2 aromatic rings. The molecule has 96 valence electrons. The van der Waals surface area contributed by atoms with Gasteiger partial charge in [0.05, 0.1) is 10.6 Å². The molecule has 0 unspecified atom stereocenters. The summed E-state index contributed by atoms with van der Waals surface area (Å²) in [6, 6.07) is 8.00. The van der Waals surface area contributed by atoms with Gasteiger partial charge in [-0.15, -0.1) is 11.3 Å². The molecule has 0 saturated heterocycles. The lowest BCUT2D eigenvalue weighted by Gasteiger charge is -2.01. The van der Waals surface area contributed by atoms with Crippen molar-refractivity contribution in [3.8, 4) is 5.88 Å². The van der Waals surface area contributed by atoms with E-state index in [0.717, 1.165) is 27.4 Å². The summed E-state index contributed by atoms with van der Waals surface area (Å²) >= 11 is 6.57. The van der Waals surface area contributed by atoms with Crippen LogP contribution in [0.3, 0.4) is 0 Å². The summed E-state index contributed by atoms with van der Waals surface area (Å²) in [6.07, 6.45) is 1.96. The zero-order valence-corrected chi connectivity index (χ0v) is 12.2. The third kappa shape index (κ3) is 1.95. The summed E-state index contributed by atoms with van der Waals surface area (Å²) in [4.78, 5) is 5.30. The molecule has 0 bridgehead atoms. The fourth-order valence-electron chi connectivity index (χ4n) is 2.10. The number of fused-ring (bicyclic) bond motifs is 1. The number of aliphatic imine (C=N–C) groups is 1. The van der Waals surface area contributed by atoms with Crippen molar-refractivity contribution >= 4 is 46.6 Å². The summed E-state index contributed by atoms with van der Waals surface area (Å²) in [5.74, 6) is 0.208. The van der Waals surface area contributed by atoms with Gasteiger partial charge in [0.25, 0.3) is 0 Å². The van der Waals surface area contributed by atoms with Crippen LogP contribution in [-0.2, 0) is 7.05 Å². The highest BCUT2D eigenvalue weighted by atomic mass is 32.1. The molecule has 0 radical (unpaired) electrons. The number of hydrogen-bond donors (Lipinski definition) is 1. The Morgan fingerprint density at radius 3 is 2.79 bits per heavy atom. The van der Waals surface area contributed by atoms with Crippen LogP contribution in [0.1, 0.15) is 17.4 Å². The van der Waals surface area contributed by atoms with Crippen LogP contribution in [0.15, 0.2) is 29.3 Å². The standard InChI is InChI=1S/C14H12N2OS2/c1-8-10(9-5-3-4-6-11(9)15-8)7-12-13(17)16(2)14(18)19-12/h3-7,17H,1-2H3. The van der Waals surface area contributed by atoms with Crippen LogP contribution in [-0.4, -0.2) is 15.4 Å².